The molecule has 7 heteroatoms. The quantitative estimate of drug-likeness (QED) is 0.716. The summed E-state index contributed by atoms with van der Waals surface area (Å²) in [7, 11) is 1.30. The summed E-state index contributed by atoms with van der Waals surface area (Å²) in [4.78, 5) is 23.9. The maximum atomic E-state index is 12.3. The molecule has 2 rings (SSSR count). The van der Waals surface area contributed by atoms with Crippen molar-refractivity contribution in [2.24, 2.45) is 0 Å². The van der Waals surface area contributed by atoms with Gasteiger partial charge >= 0.3 is 5.97 Å². The van der Waals surface area contributed by atoms with Crippen molar-refractivity contribution in [3.05, 3.63) is 64.1 Å². The maximum absolute atomic E-state index is 12.3. The van der Waals surface area contributed by atoms with Gasteiger partial charge in [-0.3, -0.25) is 9.59 Å². The Morgan fingerprint density at radius 1 is 1.04 bits per heavy atom. The maximum Gasteiger partial charge on any atom is 0.307 e. The molecule has 0 spiro atoms. The molecule has 2 aromatic carbocycles. The highest BCUT2D eigenvalue weighted by Gasteiger charge is 2.21. The van der Waals surface area contributed by atoms with E-state index >= 15 is 0 Å². The van der Waals surface area contributed by atoms with Gasteiger partial charge in [-0.25, -0.2) is 0 Å². The van der Waals surface area contributed by atoms with Gasteiger partial charge in [-0.05, 0) is 23.8 Å². The number of methoxy groups -OCH3 is 1. The zero-order valence-corrected chi connectivity index (χ0v) is 15.1. The van der Waals surface area contributed by atoms with Crippen molar-refractivity contribution in [3.63, 3.8) is 0 Å². The van der Waals surface area contributed by atoms with Gasteiger partial charge in [0.2, 0.25) is 5.91 Å². The largest absolute Gasteiger partial charge is 0.469 e. The van der Waals surface area contributed by atoms with Gasteiger partial charge in [-0.1, -0.05) is 53.5 Å². The molecule has 0 fully saturated rings. The van der Waals surface area contributed by atoms with E-state index in [1.807, 2.05) is 6.07 Å². The molecule has 0 aliphatic rings. The van der Waals surface area contributed by atoms with Crippen LogP contribution in [-0.4, -0.2) is 25.5 Å². The monoisotopic (exact) mass is 380 g/mol. The van der Waals surface area contributed by atoms with Crippen LogP contribution in [0.1, 0.15) is 18.0 Å². The minimum atomic E-state index is -0.582. The summed E-state index contributed by atoms with van der Waals surface area (Å²) in [5.74, 6) is -0.738. The number of anilines is 1. The number of hydrogen-bond donors (Lipinski definition) is 2. The average Bonchev–Trinajstić information content (AvgIpc) is 2.61. The van der Waals surface area contributed by atoms with Crippen LogP contribution < -0.4 is 10.6 Å². The van der Waals surface area contributed by atoms with Gasteiger partial charge in [0.15, 0.2) is 0 Å². The van der Waals surface area contributed by atoms with Crippen LogP contribution in [0.2, 0.25) is 10.0 Å². The second-order valence-corrected chi connectivity index (χ2v) is 6.07. The first-order chi connectivity index (χ1) is 12.0. The predicted octanol–water partition coefficient (Wildman–Crippen LogP) is 3.83. The molecule has 5 nitrogen and oxygen atoms in total. The van der Waals surface area contributed by atoms with E-state index in [1.165, 1.54) is 7.11 Å². The Labute approximate surface area is 156 Å². The zero-order valence-electron chi connectivity index (χ0n) is 13.6. The van der Waals surface area contributed by atoms with Gasteiger partial charge < -0.3 is 15.4 Å². The summed E-state index contributed by atoms with van der Waals surface area (Å²) in [5, 5.41) is 6.75. The molecule has 132 valence electrons. The van der Waals surface area contributed by atoms with E-state index in [2.05, 4.69) is 10.6 Å². The molecule has 0 aliphatic carbocycles. The number of para-hydroxylation sites is 1. The molecule has 0 bridgehead atoms. The van der Waals surface area contributed by atoms with Crippen LogP contribution in [0.25, 0.3) is 0 Å². The van der Waals surface area contributed by atoms with Crippen LogP contribution in [-0.2, 0) is 14.3 Å². The molecule has 1 atom stereocenters. The number of halogens is 2. The SMILES string of the molecule is COC(=O)C[C@H](NC(=O)CNc1ccccc1Cl)c1ccccc1Cl. The van der Waals surface area contributed by atoms with Crippen LogP contribution in [0.5, 0.6) is 0 Å². The first-order valence-corrected chi connectivity index (χ1v) is 8.36. The highest BCUT2D eigenvalue weighted by atomic mass is 35.5. The summed E-state index contributed by atoms with van der Waals surface area (Å²) in [5.41, 5.74) is 1.31. The van der Waals surface area contributed by atoms with E-state index in [9.17, 15) is 9.59 Å². The molecular weight excluding hydrogens is 363 g/mol. The van der Waals surface area contributed by atoms with Crippen molar-refractivity contribution in [1.82, 2.24) is 5.32 Å². The van der Waals surface area contributed by atoms with Crippen molar-refractivity contribution >= 4 is 40.8 Å². The van der Waals surface area contributed by atoms with Crippen molar-refractivity contribution in [3.8, 4) is 0 Å². The normalized spacial score (nSPS) is 11.5. The Morgan fingerprint density at radius 2 is 1.68 bits per heavy atom. The van der Waals surface area contributed by atoms with Crippen LogP contribution in [0, 0.1) is 0 Å². The van der Waals surface area contributed by atoms with Gasteiger partial charge in [0.1, 0.15) is 0 Å². The lowest BCUT2D eigenvalue weighted by atomic mass is 10.0. The lowest BCUT2D eigenvalue weighted by Gasteiger charge is -2.20. The van der Waals surface area contributed by atoms with Crippen LogP contribution in [0.4, 0.5) is 5.69 Å². The minimum Gasteiger partial charge on any atom is -0.469 e. The van der Waals surface area contributed by atoms with Crippen LogP contribution in [0.3, 0.4) is 0 Å². The first-order valence-electron chi connectivity index (χ1n) is 7.60. The molecule has 0 heterocycles. The van der Waals surface area contributed by atoms with Crippen molar-refractivity contribution < 1.29 is 14.3 Å². The molecule has 0 saturated heterocycles. The molecule has 25 heavy (non-hydrogen) atoms. The van der Waals surface area contributed by atoms with E-state index in [0.29, 0.717) is 21.3 Å². The Morgan fingerprint density at radius 3 is 2.32 bits per heavy atom. The van der Waals surface area contributed by atoms with Crippen molar-refractivity contribution in [2.75, 3.05) is 19.0 Å². The van der Waals surface area contributed by atoms with Gasteiger partial charge in [0.05, 0.1) is 36.8 Å². The fourth-order valence-electron chi connectivity index (χ4n) is 2.27. The number of ether oxygens (including phenoxy) is 1. The summed E-state index contributed by atoms with van der Waals surface area (Å²) in [6.07, 6.45) is -0.0158. The summed E-state index contributed by atoms with van der Waals surface area (Å²) in [6.45, 7) is 0.00581. The third-order valence-electron chi connectivity index (χ3n) is 3.53. The second-order valence-electron chi connectivity index (χ2n) is 5.26. The number of rotatable bonds is 7. The van der Waals surface area contributed by atoms with Crippen LogP contribution in [0.15, 0.2) is 48.5 Å². The van der Waals surface area contributed by atoms with E-state index in [0.717, 1.165) is 0 Å². The Kier molecular flexibility index (Phi) is 7.10. The number of carbonyl (C=O) groups is 2. The molecule has 0 saturated carbocycles. The second kappa shape index (κ2) is 9.30. The molecule has 0 aromatic heterocycles. The minimum absolute atomic E-state index is 0.00581. The summed E-state index contributed by atoms with van der Waals surface area (Å²) in [6, 6.07) is 13.6. The topological polar surface area (TPSA) is 67.4 Å². The lowest BCUT2D eigenvalue weighted by molar-refractivity contribution is -0.141. The summed E-state index contributed by atoms with van der Waals surface area (Å²) >= 11 is 12.2. The molecule has 0 aliphatic heterocycles. The van der Waals surface area contributed by atoms with Gasteiger partial charge in [-0.2, -0.15) is 0 Å². The average molecular weight is 381 g/mol. The number of amides is 1. The molecule has 0 radical (unpaired) electrons. The molecule has 2 N–H and O–H groups in total. The van der Waals surface area contributed by atoms with E-state index in [-0.39, 0.29) is 18.9 Å². The zero-order chi connectivity index (χ0) is 18.2. The lowest BCUT2D eigenvalue weighted by Crippen LogP contribution is -2.34. The number of carbonyl (C=O) groups excluding carboxylic acids is 2. The molecular formula is C18H18Cl2N2O3. The molecule has 1 amide bonds. The number of hydrogen-bond acceptors (Lipinski definition) is 4. The standard InChI is InChI=1S/C18H18Cl2N2O3/c1-25-18(24)10-16(12-6-2-3-7-13(12)19)22-17(23)11-21-15-9-5-4-8-14(15)20/h2-9,16,21H,10-11H2,1H3,(H,22,23)/t16-/m0/s1. The Bertz CT molecular complexity index is 753. The van der Waals surface area contributed by atoms with E-state index in [1.54, 1.807) is 42.5 Å². The number of esters is 1. The molecule has 0 unspecified atom stereocenters. The van der Waals surface area contributed by atoms with Crippen LogP contribution >= 0.6 is 23.2 Å². The third kappa shape index (κ3) is 5.66. The number of nitrogens with one attached hydrogen (secondary N) is 2. The predicted molar refractivity (Wildman–Crippen MR) is 98.9 cm³/mol. The first kappa shape index (κ1) is 19.1. The Hall–Kier alpha value is -2.24. The smallest absolute Gasteiger partial charge is 0.307 e. The highest BCUT2D eigenvalue weighted by Crippen LogP contribution is 2.25. The van der Waals surface area contributed by atoms with Gasteiger partial charge in [0, 0.05) is 5.02 Å². The van der Waals surface area contributed by atoms with Gasteiger partial charge in [0.25, 0.3) is 0 Å². The fourth-order valence-corrected chi connectivity index (χ4v) is 2.74. The molecule has 2 aromatic rings. The third-order valence-corrected chi connectivity index (χ3v) is 4.20. The van der Waals surface area contributed by atoms with Crippen molar-refractivity contribution in [2.45, 2.75) is 12.5 Å². The van der Waals surface area contributed by atoms with E-state index in [4.69, 9.17) is 27.9 Å². The number of benzene rings is 2. The fraction of sp³-hybridized carbons (Fsp3) is 0.222. The Balaban J connectivity index is 2.05. The summed E-state index contributed by atoms with van der Waals surface area (Å²) < 4.78 is 4.70. The van der Waals surface area contributed by atoms with Gasteiger partial charge in [-0.15, -0.1) is 0 Å². The van der Waals surface area contributed by atoms with E-state index < -0.39 is 12.0 Å². The highest BCUT2D eigenvalue weighted by molar-refractivity contribution is 6.33. The van der Waals surface area contributed by atoms with Crippen molar-refractivity contribution in [1.29, 1.82) is 0 Å².